The Hall–Kier alpha value is -2.29. The van der Waals surface area contributed by atoms with E-state index in [-0.39, 0.29) is 6.01 Å². The molecule has 9 heteroatoms. The third-order valence-electron chi connectivity index (χ3n) is 2.22. The number of hydrogen-bond acceptors (Lipinski definition) is 8. The molecule has 2 aromatic rings. The summed E-state index contributed by atoms with van der Waals surface area (Å²) in [4.78, 5) is 16.4. The van der Waals surface area contributed by atoms with Crippen molar-refractivity contribution in [3.63, 3.8) is 0 Å². The minimum absolute atomic E-state index is 0.223. The normalized spacial score (nSPS) is 10.5. The van der Waals surface area contributed by atoms with E-state index in [1.54, 1.807) is 0 Å². The summed E-state index contributed by atoms with van der Waals surface area (Å²) < 4.78 is 12.1. The highest BCUT2D eigenvalue weighted by Crippen LogP contribution is 2.10. The Morgan fingerprint density at radius 2 is 2.10 bits per heavy atom. The van der Waals surface area contributed by atoms with Crippen LogP contribution in [0.1, 0.15) is 13.8 Å². The minimum Gasteiger partial charge on any atom is -0.461 e. The van der Waals surface area contributed by atoms with Gasteiger partial charge in [0, 0.05) is 13.2 Å². The van der Waals surface area contributed by atoms with Gasteiger partial charge < -0.3 is 14.8 Å². The van der Waals surface area contributed by atoms with Gasteiger partial charge in [0.1, 0.15) is 19.3 Å². The van der Waals surface area contributed by atoms with Gasteiger partial charge in [-0.05, 0) is 13.8 Å². The Morgan fingerprint density at radius 1 is 1.20 bits per heavy atom. The lowest BCUT2D eigenvalue weighted by atomic mass is 10.7. The maximum atomic E-state index is 5.45. The lowest BCUT2D eigenvalue weighted by Crippen LogP contribution is -2.13. The van der Waals surface area contributed by atoms with Crippen LogP contribution >= 0.6 is 0 Å². The van der Waals surface area contributed by atoms with Gasteiger partial charge in [-0.3, -0.25) is 0 Å². The first-order valence-electron chi connectivity index (χ1n) is 6.39. The lowest BCUT2D eigenvalue weighted by molar-refractivity contribution is 0.106. The van der Waals surface area contributed by atoms with E-state index in [1.807, 2.05) is 13.8 Å². The standard InChI is InChI=1S/C11H17N7O2/c1-3-13-9-15-10(18-8-12-7-14-18)17-11(16-9)20-6-5-19-4-2/h7-8H,3-6H2,1-2H3,(H,13,15,16,17). The molecule has 0 saturated heterocycles. The Kier molecular flexibility index (Phi) is 5.18. The van der Waals surface area contributed by atoms with Gasteiger partial charge >= 0.3 is 6.01 Å². The highest BCUT2D eigenvalue weighted by molar-refractivity contribution is 5.29. The second-order valence-corrected chi connectivity index (χ2v) is 3.66. The Morgan fingerprint density at radius 3 is 2.80 bits per heavy atom. The topological polar surface area (TPSA) is 99.9 Å². The van der Waals surface area contributed by atoms with E-state index in [9.17, 15) is 0 Å². The van der Waals surface area contributed by atoms with Crippen LogP contribution in [0.2, 0.25) is 0 Å². The molecule has 0 atom stereocenters. The van der Waals surface area contributed by atoms with Gasteiger partial charge in [0.2, 0.25) is 5.95 Å². The van der Waals surface area contributed by atoms with Crippen molar-refractivity contribution in [3.8, 4) is 12.0 Å². The SMILES string of the molecule is CCNc1nc(OCCOCC)nc(-n2cncn2)n1. The van der Waals surface area contributed by atoms with Crippen LogP contribution in [-0.2, 0) is 4.74 Å². The lowest BCUT2D eigenvalue weighted by Gasteiger charge is -2.08. The number of anilines is 1. The average Bonchev–Trinajstić information content (AvgIpc) is 2.98. The predicted molar refractivity (Wildman–Crippen MR) is 70.9 cm³/mol. The predicted octanol–water partition coefficient (Wildman–Crippen LogP) is 0.299. The van der Waals surface area contributed by atoms with E-state index in [2.05, 4.69) is 30.4 Å². The molecule has 0 aromatic carbocycles. The average molecular weight is 279 g/mol. The van der Waals surface area contributed by atoms with Crippen molar-refractivity contribution in [2.24, 2.45) is 0 Å². The summed E-state index contributed by atoms with van der Waals surface area (Å²) in [7, 11) is 0. The summed E-state index contributed by atoms with van der Waals surface area (Å²) in [6.45, 7) is 6.08. The summed E-state index contributed by atoms with van der Waals surface area (Å²) in [6, 6.07) is 0.223. The highest BCUT2D eigenvalue weighted by Gasteiger charge is 2.09. The maximum absolute atomic E-state index is 5.45. The molecule has 0 aliphatic carbocycles. The molecule has 0 radical (unpaired) electrons. The molecule has 2 rings (SSSR count). The molecular weight excluding hydrogens is 262 g/mol. The van der Waals surface area contributed by atoms with E-state index in [0.29, 0.717) is 38.3 Å². The molecule has 0 bridgehead atoms. The molecule has 1 N–H and O–H groups in total. The molecule has 0 fully saturated rings. The summed E-state index contributed by atoms with van der Waals surface area (Å²) in [5.41, 5.74) is 0. The molecule has 0 saturated carbocycles. The molecule has 0 aliphatic rings. The van der Waals surface area contributed by atoms with Crippen molar-refractivity contribution in [1.29, 1.82) is 0 Å². The molecule has 0 unspecified atom stereocenters. The number of rotatable bonds is 8. The molecule has 2 heterocycles. The van der Waals surface area contributed by atoms with Gasteiger partial charge in [-0.2, -0.15) is 24.7 Å². The van der Waals surface area contributed by atoms with E-state index in [4.69, 9.17) is 9.47 Å². The van der Waals surface area contributed by atoms with Crippen molar-refractivity contribution in [2.75, 3.05) is 31.7 Å². The third kappa shape index (κ3) is 3.85. The van der Waals surface area contributed by atoms with Crippen LogP contribution < -0.4 is 10.1 Å². The van der Waals surface area contributed by atoms with Crippen LogP contribution in [0, 0.1) is 0 Å². The van der Waals surface area contributed by atoms with E-state index < -0.39 is 0 Å². The molecule has 0 spiro atoms. The Labute approximate surface area is 116 Å². The molecule has 0 amide bonds. The molecular formula is C11H17N7O2. The first-order valence-corrected chi connectivity index (χ1v) is 6.39. The maximum Gasteiger partial charge on any atom is 0.323 e. The molecule has 9 nitrogen and oxygen atoms in total. The van der Waals surface area contributed by atoms with Crippen LogP contribution in [0.15, 0.2) is 12.7 Å². The van der Waals surface area contributed by atoms with Crippen molar-refractivity contribution in [2.45, 2.75) is 13.8 Å². The number of aromatic nitrogens is 6. The van der Waals surface area contributed by atoms with Gasteiger partial charge in [0.05, 0.1) is 6.61 Å². The summed E-state index contributed by atoms with van der Waals surface area (Å²) >= 11 is 0. The fourth-order valence-electron chi connectivity index (χ4n) is 1.40. The molecule has 0 aliphatic heterocycles. The monoisotopic (exact) mass is 279 g/mol. The van der Waals surface area contributed by atoms with Crippen LogP contribution in [0.4, 0.5) is 5.95 Å². The van der Waals surface area contributed by atoms with Crippen molar-refractivity contribution in [1.82, 2.24) is 29.7 Å². The van der Waals surface area contributed by atoms with E-state index >= 15 is 0 Å². The zero-order valence-corrected chi connectivity index (χ0v) is 11.5. The van der Waals surface area contributed by atoms with Gasteiger partial charge in [0.15, 0.2) is 0 Å². The summed E-state index contributed by atoms with van der Waals surface area (Å²) in [5, 5.41) is 7.00. The Bertz CT molecular complexity index is 517. The second-order valence-electron chi connectivity index (χ2n) is 3.66. The smallest absolute Gasteiger partial charge is 0.323 e. The van der Waals surface area contributed by atoms with Crippen molar-refractivity contribution >= 4 is 5.95 Å². The number of hydrogen-bond donors (Lipinski definition) is 1. The molecule has 108 valence electrons. The van der Waals surface area contributed by atoms with E-state index in [0.717, 1.165) is 0 Å². The largest absolute Gasteiger partial charge is 0.461 e. The molecule has 20 heavy (non-hydrogen) atoms. The first kappa shape index (κ1) is 14.1. The number of nitrogens with zero attached hydrogens (tertiary/aromatic N) is 6. The van der Waals surface area contributed by atoms with Crippen LogP contribution in [-0.4, -0.2) is 56.1 Å². The highest BCUT2D eigenvalue weighted by atomic mass is 16.5. The number of nitrogens with one attached hydrogen (secondary N) is 1. The van der Waals surface area contributed by atoms with Crippen LogP contribution in [0.5, 0.6) is 6.01 Å². The number of ether oxygens (including phenoxy) is 2. The zero-order chi connectivity index (χ0) is 14.2. The van der Waals surface area contributed by atoms with Crippen molar-refractivity contribution < 1.29 is 9.47 Å². The van der Waals surface area contributed by atoms with Crippen LogP contribution in [0.25, 0.3) is 5.95 Å². The quantitative estimate of drug-likeness (QED) is 0.689. The van der Waals surface area contributed by atoms with Gasteiger partial charge in [-0.15, -0.1) is 0 Å². The van der Waals surface area contributed by atoms with Crippen molar-refractivity contribution in [3.05, 3.63) is 12.7 Å². The van der Waals surface area contributed by atoms with E-state index in [1.165, 1.54) is 17.3 Å². The third-order valence-corrected chi connectivity index (χ3v) is 2.22. The molecule has 2 aromatic heterocycles. The Balaban J connectivity index is 2.13. The second kappa shape index (κ2) is 7.34. The summed E-state index contributed by atoms with van der Waals surface area (Å²) in [6.07, 6.45) is 2.92. The zero-order valence-electron chi connectivity index (χ0n) is 11.5. The minimum atomic E-state index is 0.223. The first-order chi connectivity index (χ1) is 9.83. The van der Waals surface area contributed by atoms with Gasteiger partial charge in [-0.25, -0.2) is 4.98 Å². The van der Waals surface area contributed by atoms with Crippen LogP contribution in [0.3, 0.4) is 0 Å². The fourth-order valence-corrected chi connectivity index (χ4v) is 1.40. The summed E-state index contributed by atoms with van der Waals surface area (Å²) in [5.74, 6) is 0.777. The van der Waals surface area contributed by atoms with Gasteiger partial charge in [-0.1, -0.05) is 0 Å². The fraction of sp³-hybridized carbons (Fsp3) is 0.545. The van der Waals surface area contributed by atoms with Gasteiger partial charge in [0.25, 0.3) is 5.95 Å².